The Morgan fingerprint density at radius 3 is 2.67 bits per heavy atom. The molecule has 0 radical (unpaired) electrons. The van der Waals surface area contributed by atoms with E-state index in [1.807, 2.05) is 47.2 Å². The van der Waals surface area contributed by atoms with E-state index in [0.717, 1.165) is 11.2 Å². The highest BCUT2D eigenvalue weighted by Gasteiger charge is 2.05. The predicted octanol–water partition coefficient (Wildman–Crippen LogP) is 2.73. The van der Waals surface area contributed by atoms with E-state index in [2.05, 4.69) is 6.07 Å². The normalized spacial score (nSPS) is 10.7. The maximum absolute atomic E-state index is 11.2. The van der Waals surface area contributed by atoms with Crippen molar-refractivity contribution in [2.45, 2.75) is 0 Å². The molecule has 0 unspecified atom stereocenters. The third-order valence-corrected chi connectivity index (χ3v) is 3.01. The van der Waals surface area contributed by atoms with Crippen molar-refractivity contribution in [3.8, 4) is 5.69 Å². The topological polar surface area (TPSA) is 48.0 Å². The number of carbonyl (C=O) groups is 1. The number of hydrogen-bond donors (Lipinski definition) is 1. The number of carbonyl (C=O) groups excluding carboxylic acids is 1. The second-order valence-corrected chi connectivity index (χ2v) is 4.16. The largest absolute Gasteiger partial charge is 0.366 e. The van der Waals surface area contributed by atoms with Gasteiger partial charge in [-0.05, 0) is 35.7 Å². The van der Waals surface area contributed by atoms with Crippen LogP contribution >= 0.6 is 0 Å². The van der Waals surface area contributed by atoms with Gasteiger partial charge in [-0.3, -0.25) is 4.79 Å². The number of aromatic nitrogens is 1. The Bertz CT molecular complexity index is 728. The van der Waals surface area contributed by atoms with Crippen molar-refractivity contribution in [2.75, 3.05) is 0 Å². The third kappa shape index (κ3) is 1.66. The van der Waals surface area contributed by atoms with Crippen LogP contribution < -0.4 is 5.73 Å². The summed E-state index contributed by atoms with van der Waals surface area (Å²) < 4.78 is 2.04. The second-order valence-electron chi connectivity index (χ2n) is 4.16. The molecule has 18 heavy (non-hydrogen) atoms. The summed E-state index contributed by atoms with van der Waals surface area (Å²) >= 11 is 0. The SMILES string of the molecule is NC(=O)c1cccc(-n2ccc3ccccc32)c1. The number of fused-ring (bicyclic) bond motifs is 1. The van der Waals surface area contributed by atoms with E-state index in [1.54, 1.807) is 12.1 Å². The molecule has 1 amide bonds. The first-order valence-corrected chi connectivity index (χ1v) is 5.72. The van der Waals surface area contributed by atoms with Gasteiger partial charge in [-0.15, -0.1) is 0 Å². The highest BCUT2D eigenvalue weighted by atomic mass is 16.1. The van der Waals surface area contributed by atoms with E-state index in [1.165, 1.54) is 5.39 Å². The Hall–Kier alpha value is -2.55. The van der Waals surface area contributed by atoms with Crippen LogP contribution in [-0.4, -0.2) is 10.5 Å². The van der Waals surface area contributed by atoms with Gasteiger partial charge in [-0.1, -0.05) is 24.3 Å². The average Bonchev–Trinajstić information content (AvgIpc) is 2.82. The summed E-state index contributed by atoms with van der Waals surface area (Å²) in [7, 11) is 0. The second kappa shape index (κ2) is 4.04. The molecule has 1 aromatic heterocycles. The zero-order valence-corrected chi connectivity index (χ0v) is 9.71. The quantitative estimate of drug-likeness (QED) is 0.730. The van der Waals surface area contributed by atoms with Crippen molar-refractivity contribution in [2.24, 2.45) is 5.73 Å². The lowest BCUT2D eigenvalue weighted by molar-refractivity contribution is 0.100. The van der Waals surface area contributed by atoms with Gasteiger partial charge in [-0.25, -0.2) is 0 Å². The molecule has 0 aliphatic carbocycles. The van der Waals surface area contributed by atoms with Crippen molar-refractivity contribution in [1.29, 1.82) is 0 Å². The molecule has 3 aromatic rings. The van der Waals surface area contributed by atoms with Gasteiger partial charge in [0.2, 0.25) is 5.91 Å². The molecule has 0 bridgehead atoms. The number of nitrogens with two attached hydrogens (primary N) is 1. The van der Waals surface area contributed by atoms with Crippen LogP contribution in [0, 0.1) is 0 Å². The maximum Gasteiger partial charge on any atom is 0.248 e. The van der Waals surface area contributed by atoms with Crippen LogP contribution in [0.5, 0.6) is 0 Å². The minimum atomic E-state index is -0.409. The molecule has 3 nitrogen and oxygen atoms in total. The van der Waals surface area contributed by atoms with Crippen LogP contribution in [-0.2, 0) is 0 Å². The Morgan fingerprint density at radius 1 is 1.00 bits per heavy atom. The van der Waals surface area contributed by atoms with Crippen molar-refractivity contribution >= 4 is 16.8 Å². The number of benzene rings is 2. The number of amides is 1. The molecule has 0 atom stereocenters. The zero-order chi connectivity index (χ0) is 12.5. The lowest BCUT2D eigenvalue weighted by Gasteiger charge is -2.06. The smallest absolute Gasteiger partial charge is 0.248 e. The molecule has 2 aromatic carbocycles. The number of para-hydroxylation sites is 1. The number of rotatable bonds is 2. The molecule has 0 fully saturated rings. The van der Waals surface area contributed by atoms with Gasteiger partial charge in [0.05, 0.1) is 5.52 Å². The Labute approximate surface area is 104 Å². The number of primary amides is 1. The van der Waals surface area contributed by atoms with E-state index >= 15 is 0 Å². The van der Waals surface area contributed by atoms with E-state index in [9.17, 15) is 4.79 Å². The monoisotopic (exact) mass is 236 g/mol. The molecular weight excluding hydrogens is 224 g/mol. The molecule has 2 N–H and O–H groups in total. The molecule has 1 heterocycles. The van der Waals surface area contributed by atoms with Crippen LogP contribution in [0.1, 0.15) is 10.4 Å². The van der Waals surface area contributed by atoms with Crippen LogP contribution in [0.4, 0.5) is 0 Å². The van der Waals surface area contributed by atoms with Crippen molar-refractivity contribution in [3.05, 3.63) is 66.4 Å². The molecule has 3 rings (SSSR count). The van der Waals surface area contributed by atoms with E-state index in [-0.39, 0.29) is 0 Å². The van der Waals surface area contributed by atoms with E-state index in [0.29, 0.717) is 5.56 Å². The summed E-state index contributed by atoms with van der Waals surface area (Å²) in [4.78, 5) is 11.2. The molecule has 0 aliphatic heterocycles. The van der Waals surface area contributed by atoms with Gasteiger partial charge in [0.1, 0.15) is 0 Å². The fourth-order valence-electron chi connectivity index (χ4n) is 2.12. The van der Waals surface area contributed by atoms with Crippen LogP contribution in [0.2, 0.25) is 0 Å². The summed E-state index contributed by atoms with van der Waals surface area (Å²) in [5, 5.41) is 1.17. The number of hydrogen-bond acceptors (Lipinski definition) is 1. The lowest BCUT2D eigenvalue weighted by atomic mass is 10.2. The molecular formula is C15H12N2O. The van der Waals surface area contributed by atoms with Gasteiger partial charge in [0, 0.05) is 17.4 Å². The van der Waals surface area contributed by atoms with Crippen molar-refractivity contribution < 1.29 is 4.79 Å². The molecule has 0 aliphatic rings. The van der Waals surface area contributed by atoms with Crippen LogP contribution in [0.15, 0.2) is 60.8 Å². The van der Waals surface area contributed by atoms with Gasteiger partial charge in [-0.2, -0.15) is 0 Å². The van der Waals surface area contributed by atoms with Crippen LogP contribution in [0.25, 0.3) is 16.6 Å². The summed E-state index contributed by atoms with van der Waals surface area (Å²) in [6.45, 7) is 0. The molecule has 0 spiro atoms. The first-order chi connectivity index (χ1) is 8.75. The predicted molar refractivity (Wildman–Crippen MR) is 71.8 cm³/mol. The fraction of sp³-hybridized carbons (Fsp3) is 0. The van der Waals surface area contributed by atoms with Gasteiger partial charge >= 0.3 is 0 Å². The van der Waals surface area contributed by atoms with Gasteiger partial charge < -0.3 is 10.3 Å². The highest BCUT2D eigenvalue weighted by Crippen LogP contribution is 2.20. The lowest BCUT2D eigenvalue weighted by Crippen LogP contribution is -2.11. The summed E-state index contributed by atoms with van der Waals surface area (Å²) in [5.74, 6) is -0.409. The Kier molecular flexibility index (Phi) is 2.38. The Balaban J connectivity index is 2.20. The third-order valence-electron chi connectivity index (χ3n) is 3.01. The van der Waals surface area contributed by atoms with Gasteiger partial charge in [0.25, 0.3) is 0 Å². The summed E-state index contributed by atoms with van der Waals surface area (Å²) in [6, 6.07) is 17.5. The molecule has 0 saturated heterocycles. The summed E-state index contributed by atoms with van der Waals surface area (Å²) in [6.07, 6.45) is 1.99. The average molecular weight is 236 g/mol. The first kappa shape index (κ1) is 10.6. The van der Waals surface area contributed by atoms with Gasteiger partial charge in [0.15, 0.2) is 0 Å². The highest BCUT2D eigenvalue weighted by molar-refractivity contribution is 5.93. The van der Waals surface area contributed by atoms with Crippen molar-refractivity contribution in [1.82, 2.24) is 4.57 Å². The Morgan fingerprint density at radius 2 is 1.83 bits per heavy atom. The van der Waals surface area contributed by atoms with Crippen molar-refractivity contribution in [3.63, 3.8) is 0 Å². The minimum Gasteiger partial charge on any atom is -0.366 e. The minimum absolute atomic E-state index is 0.409. The molecule has 3 heteroatoms. The summed E-state index contributed by atoms with van der Waals surface area (Å²) in [5.41, 5.74) is 7.87. The zero-order valence-electron chi connectivity index (χ0n) is 9.71. The van der Waals surface area contributed by atoms with Crippen LogP contribution in [0.3, 0.4) is 0 Å². The standard InChI is InChI=1S/C15H12N2O/c16-15(18)12-5-3-6-13(10-12)17-9-8-11-4-1-2-7-14(11)17/h1-10H,(H2,16,18). The molecule has 88 valence electrons. The van der Waals surface area contributed by atoms with E-state index < -0.39 is 5.91 Å². The number of nitrogens with zero attached hydrogens (tertiary/aromatic N) is 1. The molecule has 0 saturated carbocycles. The fourth-order valence-corrected chi connectivity index (χ4v) is 2.12. The maximum atomic E-state index is 11.2. The van der Waals surface area contributed by atoms with E-state index in [4.69, 9.17) is 5.73 Å². The first-order valence-electron chi connectivity index (χ1n) is 5.72.